The summed E-state index contributed by atoms with van der Waals surface area (Å²) in [6.07, 6.45) is 0. The zero-order chi connectivity index (χ0) is 46.4. The summed E-state index contributed by atoms with van der Waals surface area (Å²) in [5.41, 5.74) is 15.6. The predicted molar refractivity (Wildman–Crippen MR) is 287 cm³/mol. The highest BCUT2D eigenvalue weighted by Crippen LogP contribution is 2.43. The van der Waals surface area contributed by atoms with E-state index in [0.29, 0.717) is 0 Å². The summed E-state index contributed by atoms with van der Waals surface area (Å²) in [4.78, 5) is 5.72. The Balaban J connectivity index is 0.989. The van der Waals surface area contributed by atoms with Gasteiger partial charge in [-0.15, -0.1) is 0 Å². The van der Waals surface area contributed by atoms with Gasteiger partial charge in [-0.05, 0) is 99.8 Å². The molecule has 2 aliphatic rings. The van der Waals surface area contributed by atoms with Crippen molar-refractivity contribution in [2.75, 3.05) is 0 Å². The van der Waals surface area contributed by atoms with Crippen LogP contribution in [0.15, 0.2) is 205 Å². The number of nitrogens with zero attached hydrogens (tertiary/aromatic N) is 3. The molecule has 13 aromatic rings. The topological polar surface area (TPSA) is 54.4 Å². The SMILES string of the molecule is CC(C)(C)c1cccc(-c2ccc3c(c2)B2c4cc(-c5cc(-n6c7ccccc7c7ccccc76)cc(-n6c7ccccc7c7ccc8c9ccccc9oc8c76)n5)ccc4Oc4cccc(c42)O3)c1. The van der Waals surface area contributed by atoms with E-state index in [1.807, 2.05) is 12.1 Å². The van der Waals surface area contributed by atoms with Crippen LogP contribution >= 0.6 is 0 Å². The van der Waals surface area contributed by atoms with Crippen LogP contribution in [0.25, 0.3) is 99.4 Å². The number of aromatic nitrogens is 3. The smallest absolute Gasteiger partial charge is 0.260 e. The first-order valence-electron chi connectivity index (χ1n) is 24.0. The summed E-state index contributed by atoms with van der Waals surface area (Å²) in [5.74, 6) is 4.07. The molecule has 15 rings (SSSR count). The van der Waals surface area contributed by atoms with Gasteiger partial charge < -0.3 is 18.5 Å². The van der Waals surface area contributed by atoms with E-state index in [1.54, 1.807) is 0 Å². The zero-order valence-electron chi connectivity index (χ0n) is 38.7. The molecule has 0 N–H and O–H groups in total. The fraction of sp³-hybridized carbons (Fsp3) is 0.0635. The Labute approximate surface area is 403 Å². The van der Waals surface area contributed by atoms with Crippen LogP contribution in [0.1, 0.15) is 26.3 Å². The molecule has 0 bridgehead atoms. The lowest BCUT2D eigenvalue weighted by atomic mass is 9.34. The molecule has 6 nitrogen and oxygen atoms in total. The third-order valence-electron chi connectivity index (χ3n) is 14.8. The molecule has 0 radical (unpaired) electrons. The first-order chi connectivity index (χ1) is 34.3. The summed E-state index contributed by atoms with van der Waals surface area (Å²) in [6.45, 7) is 6.64. The highest BCUT2D eigenvalue weighted by Gasteiger charge is 2.40. The van der Waals surface area contributed by atoms with Gasteiger partial charge >= 0.3 is 0 Å². The van der Waals surface area contributed by atoms with Gasteiger partial charge in [0.1, 0.15) is 34.4 Å². The number of hydrogen-bond acceptors (Lipinski definition) is 4. The maximum absolute atomic E-state index is 6.83. The molecule has 0 amide bonds. The summed E-state index contributed by atoms with van der Waals surface area (Å²) >= 11 is 0. The largest absolute Gasteiger partial charge is 0.458 e. The third kappa shape index (κ3) is 5.66. The van der Waals surface area contributed by atoms with Crippen LogP contribution in [0.5, 0.6) is 23.0 Å². The zero-order valence-corrected chi connectivity index (χ0v) is 38.7. The van der Waals surface area contributed by atoms with E-state index in [9.17, 15) is 0 Å². The van der Waals surface area contributed by atoms with Gasteiger partial charge in [0.15, 0.2) is 5.58 Å². The lowest BCUT2D eigenvalue weighted by Gasteiger charge is -2.33. The second-order valence-electron chi connectivity index (χ2n) is 19.9. The summed E-state index contributed by atoms with van der Waals surface area (Å²) in [5, 5.41) is 6.79. The fourth-order valence-electron chi connectivity index (χ4n) is 11.5. The van der Waals surface area contributed by atoms with Crippen molar-refractivity contribution in [3.63, 3.8) is 0 Å². The molecule has 0 spiro atoms. The number of rotatable bonds is 4. The average molecular weight is 900 g/mol. The van der Waals surface area contributed by atoms with Crippen LogP contribution in [-0.2, 0) is 5.41 Å². The molecule has 0 aliphatic carbocycles. The van der Waals surface area contributed by atoms with Crippen LogP contribution in [-0.4, -0.2) is 20.8 Å². The minimum atomic E-state index is -0.150. The summed E-state index contributed by atoms with van der Waals surface area (Å²) in [6, 6.07) is 71.5. The van der Waals surface area contributed by atoms with Crippen molar-refractivity contribution in [2.45, 2.75) is 26.2 Å². The van der Waals surface area contributed by atoms with Gasteiger partial charge in [-0.2, -0.15) is 0 Å². The predicted octanol–water partition coefficient (Wildman–Crippen LogP) is 14.5. The van der Waals surface area contributed by atoms with E-state index in [-0.39, 0.29) is 12.1 Å². The van der Waals surface area contributed by atoms with E-state index < -0.39 is 0 Å². The van der Waals surface area contributed by atoms with Gasteiger partial charge in [0, 0.05) is 49.4 Å². The minimum absolute atomic E-state index is 0.0190. The highest BCUT2D eigenvalue weighted by atomic mass is 16.5. The second-order valence-corrected chi connectivity index (χ2v) is 19.9. The third-order valence-corrected chi connectivity index (χ3v) is 14.8. The molecular weight excluding hydrogens is 858 g/mol. The van der Waals surface area contributed by atoms with E-state index in [2.05, 4.69) is 218 Å². The van der Waals surface area contributed by atoms with Gasteiger partial charge in [-0.3, -0.25) is 4.57 Å². The van der Waals surface area contributed by atoms with Crippen molar-refractivity contribution >= 4 is 88.7 Å². The molecule has 0 fully saturated rings. The number of hydrogen-bond donors (Lipinski definition) is 0. The molecule has 2 aliphatic heterocycles. The normalized spacial score (nSPS) is 13.0. The molecular formula is C63H42BN3O3. The number of pyridine rings is 1. The van der Waals surface area contributed by atoms with Crippen molar-refractivity contribution in [1.29, 1.82) is 0 Å². The Kier molecular flexibility index (Phi) is 8.04. The number of furan rings is 1. The molecule has 70 heavy (non-hydrogen) atoms. The van der Waals surface area contributed by atoms with Gasteiger partial charge in [0.25, 0.3) is 6.71 Å². The molecule has 0 atom stereocenters. The van der Waals surface area contributed by atoms with E-state index >= 15 is 0 Å². The van der Waals surface area contributed by atoms with Gasteiger partial charge in [0.05, 0.1) is 33.4 Å². The quantitative estimate of drug-likeness (QED) is 0.165. The van der Waals surface area contributed by atoms with Gasteiger partial charge in [0.2, 0.25) is 0 Å². The second kappa shape index (κ2) is 14.4. The van der Waals surface area contributed by atoms with Crippen molar-refractivity contribution < 1.29 is 13.9 Å². The van der Waals surface area contributed by atoms with Crippen molar-refractivity contribution in [2.24, 2.45) is 0 Å². The Hall–Kier alpha value is -8.81. The van der Waals surface area contributed by atoms with E-state index in [0.717, 1.165) is 122 Å². The van der Waals surface area contributed by atoms with Gasteiger partial charge in [-0.1, -0.05) is 148 Å². The lowest BCUT2D eigenvalue weighted by molar-refractivity contribution is 0.464. The number of benzene rings is 9. The van der Waals surface area contributed by atoms with Crippen molar-refractivity contribution in [1.82, 2.24) is 14.1 Å². The molecule has 7 heteroatoms. The van der Waals surface area contributed by atoms with Crippen molar-refractivity contribution in [3.05, 3.63) is 206 Å². The first-order valence-corrected chi connectivity index (χ1v) is 24.0. The van der Waals surface area contributed by atoms with E-state index in [4.69, 9.17) is 18.9 Å². The standard InChI is InChI=1S/C63H42BN3O3/c1-63(2,3)40-15-12-14-37(32-40)38-26-30-55-48(33-38)64-49-34-39(27-31-56(49)69-58-25-13-24-57(68-55)60(58)64)50-35-41(66-51-20-8-4-16-42(51)43-17-5-9-21-52(43)66)36-59(65-50)67-53-22-10-6-18-44(53)46-28-29-47-45-19-7-11-23-54(45)70-62(47)61(46)67/h4-36H,1-3H3. The first kappa shape index (κ1) is 39.2. The average Bonchev–Trinajstić information content (AvgIpc) is 4.06. The molecule has 4 aromatic heterocycles. The van der Waals surface area contributed by atoms with Crippen LogP contribution in [0.4, 0.5) is 0 Å². The molecule has 330 valence electrons. The Morgan fingerprint density at radius 2 is 1.01 bits per heavy atom. The molecule has 9 aromatic carbocycles. The fourth-order valence-corrected chi connectivity index (χ4v) is 11.5. The van der Waals surface area contributed by atoms with Crippen LogP contribution in [0, 0.1) is 0 Å². The number of fused-ring (bicyclic) bond motifs is 14. The van der Waals surface area contributed by atoms with Crippen LogP contribution in [0.2, 0.25) is 0 Å². The maximum Gasteiger partial charge on any atom is 0.260 e. The van der Waals surface area contributed by atoms with Crippen molar-refractivity contribution in [3.8, 4) is 56.9 Å². The van der Waals surface area contributed by atoms with Crippen LogP contribution < -0.4 is 25.9 Å². The number of para-hydroxylation sites is 4. The Bertz CT molecular complexity index is 4310. The van der Waals surface area contributed by atoms with Crippen LogP contribution in [0.3, 0.4) is 0 Å². The molecule has 0 saturated heterocycles. The maximum atomic E-state index is 6.83. The minimum Gasteiger partial charge on any atom is -0.458 e. The molecule has 0 saturated carbocycles. The highest BCUT2D eigenvalue weighted by molar-refractivity contribution is 6.98. The van der Waals surface area contributed by atoms with Gasteiger partial charge in [-0.25, -0.2) is 4.98 Å². The molecule has 0 unspecified atom stereocenters. The Morgan fingerprint density at radius 3 is 1.71 bits per heavy atom. The summed E-state index contributed by atoms with van der Waals surface area (Å²) < 4.78 is 25.1. The monoisotopic (exact) mass is 899 g/mol. The number of ether oxygens (including phenoxy) is 2. The lowest BCUT2D eigenvalue weighted by Crippen LogP contribution is -2.57. The Morgan fingerprint density at radius 1 is 0.443 bits per heavy atom. The van der Waals surface area contributed by atoms with E-state index in [1.165, 1.54) is 21.9 Å². The molecule has 6 heterocycles. The summed E-state index contributed by atoms with van der Waals surface area (Å²) in [7, 11) is 0.